The molecule has 0 spiro atoms. The van der Waals surface area contributed by atoms with Gasteiger partial charge in [0.1, 0.15) is 23.5 Å². The maximum absolute atomic E-state index is 12.5. The van der Waals surface area contributed by atoms with Gasteiger partial charge in [-0.1, -0.05) is 0 Å². The first-order chi connectivity index (χ1) is 14.3. The number of nitrogens with one attached hydrogen (secondary N) is 2. The van der Waals surface area contributed by atoms with Crippen molar-refractivity contribution in [3.63, 3.8) is 0 Å². The highest BCUT2D eigenvalue weighted by atomic mass is 19.4. The summed E-state index contributed by atoms with van der Waals surface area (Å²) in [6.45, 7) is -1.56. The van der Waals surface area contributed by atoms with Crippen LogP contribution in [0.5, 0.6) is 11.6 Å². The van der Waals surface area contributed by atoms with Crippen molar-refractivity contribution in [1.29, 1.82) is 0 Å². The van der Waals surface area contributed by atoms with Crippen LogP contribution in [0.3, 0.4) is 0 Å². The third kappa shape index (κ3) is 5.77. The average molecular weight is 420 g/mol. The van der Waals surface area contributed by atoms with Gasteiger partial charge in [-0.05, 0) is 30.3 Å². The maximum atomic E-state index is 12.5. The van der Waals surface area contributed by atoms with E-state index in [4.69, 9.17) is 4.74 Å². The lowest BCUT2D eigenvalue weighted by atomic mass is 10.3. The molecule has 2 heterocycles. The normalized spacial score (nSPS) is 10.9. The number of methoxy groups -OCH3 is 1. The Morgan fingerprint density at radius 1 is 1.13 bits per heavy atom. The fourth-order valence-electron chi connectivity index (χ4n) is 2.20. The molecule has 0 aliphatic carbocycles. The first-order valence-electron chi connectivity index (χ1n) is 8.39. The number of carbonyl (C=O) groups is 1. The molecule has 0 bridgehead atoms. The molecule has 1 amide bonds. The maximum Gasteiger partial charge on any atom is 0.422 e. The second kappa shape index (κ2) is 9.03. The zero-order valence-corrected chi connectivity index (χ0v) is 15.5. The van der Waals surface area contributed by atoms with Crippen LogP contribution in [0.4, 0.5) is 30.5 Å². The fraction of sp³-hybridized carbons (Fsp3) is 0.167. The second-order valence-electron chi connectivity index (χ2n) is 5.72. The Morgan fingerprint density at radius 3 is 2.60 bits per heavy atom. The van der Waals surface area contributed by atoms with Crippen molar-refractivity contribution in [2.45, 2.75) is 6.18 Å². The molecule has 0 fully saturated rings. The van der Waals surface area contributed by atoms with Gasteiger partial charge in [-0.3, -0.25) is 4.79 Å². The molecular formula is C18H15F3N6O3. The highest BCUT2D eigenvalue weighted by molar-refractivity contribution is 6.03. The van der Waals surface area contributed by atoms with Crippen LogP contribution in [0.25, 0.3) is 0 Å². The van der Waals surface area contributed by atoms with E-state index in [9.17, 15) is 18.0 Å². The number of anilines is 3. The summed E-state index contributed by atoms with van der Waals surface area (Å²) >= 11 is 0. The van der Waals surface area contributed by atoms with Crippen molar-refractivity contribution in [2.75, 3.05) is 24.4 Å². The molecule has 1 aromatic carbocycles. The van der Waals surface area contributed by atoms with E-state index in [-0.39, 0.29) is 17.3 Å². The highest BCUT2D eigenvalue weighted by Crippen LogP contribution is 2.23. The topological polar surface area (TPSA) is 111 Å². The third-order valence-corrected chi connectivity index (χ3v) is 3.53. The van der Waals surface area contributed by atoms with Gasteiger partial charge in [-0.2, -0.15) is 18.2 Å². The molecule has 0 aliphatic rings. The number of hydrogen-bond donors (Lipinski definition) is 2. The molecule has 0 unspecified atom stereocenters. The van der Waals surface area contributed by atoms with Crippen molar-refractivity contribution < 1.29 is 27.4 Å². The number of ether oxygens (including phenoxy) is 2. The Kier molecular flexibility index (Phi) is 6.25. The van der Waals surface area contributed by atoms with Crippen molar-refractivity contribution >= 4 is 23.2 Å². The zero-order valence-electron chi connectivity index (χ0n) is 15.5. The van der Waals surface area contributed by atoms with Crippen molar-refractivity contribution in [3.8, 4) is 11.6 Å². The summed E-state index contributed by atoms with van der Waals surface area (Å²) < 4.78 is 46.8. The van der Waals surface area contributed by atoms with Crippen LogP contribution in [0, 0.1) is 0 Å². The van der Waals surface area contributed by atoms with Gasteiger partial charge in [-0.25, -0.2) is 15.0 Å². The molecule has 0 aliphatic heterocycles. The van der Waals surface area contributed by atoms with Gasteiger partial charge in [0.2, 0.25) is 11.8 Å². The molecular weight excluding hydrogens is 405 g/mol. The van der Waals surface area contributed by atoms with Gasteiger partial charge in [0.05, 0.1) is 13.3 Å². The number of carbonyl (C=O) groups excluding carboxylic acids is 1. The minimum absolute atomic E-state index is 0.0355. The Bertz CT molecular complexity index is 1010. The summed E-state index contributed by atoms with van der Waals surface area (Å²) in [6, 6.07) is 8.28. The minimum Gasteiger partial charge on any atom is -0.497 e. The number of alkyl halides is 3. The summed E-state index contributed by atoms with van der Waals surface area (Å²) in [7, 11) is 1.55. The standard InChI is InChI=1S/C18H15F3N6O3/c1-29-12-4-2-11(3-5-12)25-17-23-7-6-13(27-17)15(28)26-14-8-22-10-24-16(14)30-9-18(19,20)21/h2-8,10H,9H2,1H3,(H,26,28)(H,23,25,27). The molecule has 3 rings (SSSR count). The quantitative estimate of drug-likeness (QED) is 0.600. The average Bonchev–Trinajstić information content (AvgIpc) is 2.73. The minimum atomic E-state index is -4.55. The van der Waals surface area contributed by atoms with E-state index in [1.807, 2.05) is 0 Å². The van der Waals surface area contributed by atoms with Crippen LogP contribution in [0.15, 0.2) is 49.1 Å². The number of benzene rings is 1. The fourth-order valence-corrected chi connectivity index (χ4v) is 2.20. The molecule has 0 saturated carbocycles. The Morgan fingerprint density at radius 2 is 1.90 bits per heavy atom. The summed E-state index contributed by atoms with van der Waals surface area (Å²) in [5.41, 5.74) is 0.495. The van der Waals surface area contributed by atoms with Gasteiger partial charge in [0.25, 0.3) is 5.91 Å². The summed E-state index contributed by atoms with van der Waals surface area (Å²) in [4.78, 5) is 27.9. The first kappa shape index (κ1) is 20.8. The van der Waals surface area contributed by atoms with E-state index >= 15 is 0 Å². The van der Waals surface area contributed by atoms with Gasteiger partial charge in [-0.15, -0.1) is 0 Å². The molecule has 2 aromatic heterocycles. The Balaban J connectivity index is 1.71. The molecule has 0 atom stereocenters. The van der Waals surface area contributed by atoms with E-state index in [1.165, 1.54) is 12.3 Å². The molecule has 30 heavy (non-hydrogen) atoms. The van der Waals surface area contributed by atoms with Gasteiger partial charge >= 0.3 is 6.18 Å². The predicted octanol–water partition coefficient (Wildman–Crippen LogP) is 3.21. The van der Waals surface area contributed by atoms with Crippen molar-refractivity contribution in [1.82, 2.24) is 19.9 Å². The smallest absolute Gasteiger partial charge is 0.422 e. The highest BCUT2D eigenvalue weighted by Gasteiger charge is 2.29. The molecule has 12 heteroatoms. The largest absolute Gasteiger partial charge is 0.497 e. The summed E-state index contributed by atoms with van der Waals surface area (Å²) in [5.74, 6) is -0.308. The van der Waals surface area contributed by atoms with Crippen LogP contribution in [-0.2, 0) is 0 Å². The van der Waals surface area contributed by atoms with E-state index < -0.39 is 24.6 Å². The van der Waals surface area contributed by atoms with Gasteiger partial charge in [0.15, 0.2) is 6.61 Å². The number of nitrogens with zero attached hydrogens (tertiary/aromatic N) is 4. The van der Waals surface area contributed by atoms with Gasteiger partial charge in [0, 0.05) is 11.9 Å². The van der Waals surface area contributed by atoms with Crippen molar-refractivity contribution in [2.24, 2.45) is 0 Å². The number of rotatable bonds is 7. The van der Waals surface area contributed by atoms with E-state index in [0.717, 1.165) is 12.5 Å². The molecule has 0 saturated heterocycles. The Hall–Kier alpha value is -3.96. The van der Waals surface area contributed by atoms with E-state index in [0.29, 0.717) is 11.4 Å². The molecule has 0 radical (unpaired) electrons. The van der Waals surface area contributed by atoms with E-state index in [1.54, 1.807) is 31.4 Å². The van der Waals surface area contributed by atoms with Crippen LogP contribution in [-0.4, -0.2) is 45.7 Å². The molecule has 9 nitrogen and oxygen atoms in total. The third-order valence-electron chi connectivity index (χ3n) is 3.53. The molecule has 3 aromatic rings. The lowest BCUT2D eigenvalue weighted by Gasteiger charge is -2.12. The monoisotopic (exact) mass is 420 g/mol. The van der Waals surface area contributed by atoms with Crippen LogP contribution < -0.4 is 20.1 Å². The van der Waals surface area contributed by atoms with Crippen LogP contribution in [0.1, 0.15) is 10.5 Å². The van der Waals surface area contributed by atoms with Gasteiger partial charge < -0.3 is 20.1 Å². The predicted molar refractivity (Wildman–Crippen MR) is 99.8 cm³/mol. The van der Waals surface area contributed by atoms with E-state index in [2.05, 4.69) is 35.3 Å². The summed E-state index contributed by atoms with van der Waals surface area (Å²) in [6.07, 6.45) is -1.07. The number of halogens is 3. The molecule has 156 valence electrons. The van der Waals surface area contributed by atoms with Crippen LogP contribution in [0.2, 0.25) is 0 Å². The van der Waals surface area contributed by atoms with Crippen LogP contribution >= 0.6 is 0 Å². The number of hydrogen-bond acceptors (Lipinski definition) is 8. The lowest BCUT2D eigenvalue weighted by molar-refractivity contribution is -0.153. The lowest BCUT2D eigenvalue weighted by Crippen LogP contribution is -2.21. The molecule has 2 N–H and O–H groups in total. The first-order valence-corrected chi connectivity index (χ1v) is 8.39. The SMILES string of the molecule is COc1ccc(Nc2nccc(C(=O)Nc3cncnc3OCC(F)(F)F)n2)cc1. The number of amides is 1. The zero-order chi connectivity index (χ0) is 21.6. The van der Waals surface area contributed by atoms with Crippen molar-refractivity contribution in [3.05, 3.63) is 54.7 Å². The second-order valence-corrected chi connectivity index (χ2v) is 5.72. The Labute approximate surface area is 168 Å². The summed E-state index contributed by atoms with van der Waals surface area (Å²) in [5, 5.41) is 5.31. The number of aromatic nitrogens is 4.